The fourth-order valence-electron chi connectivity index (χ4n) is 2.96. The maximum Gasteiger partial charge on any atom is 0.277 e. The van der Waals surface area contributed by atoms with Crippen molar-refractivity contribution in [3.8, 4) is 5.82 Å². The molecule has 0 bridgehead atoms. The molecule has 2 heterocycles. The van der Waals surface area contributed by atoms with Crippen LogP contribution >= 0.6 is 71.0 Å². The zero-order valence-electron chi connectivity index (χ0n) is 16.1. The lowest BCUT2D eigenvalue weighted by atomic mass is 10.1. The van der Waals surface area contributed by atoms with Crippen molar-refractivity contribution in [2.24, 2.45) is 0 Å². The Morgan fingerprint density at radius 2 is 1.94 bits per heavy atom. The minimum absolute atomic E-state index is 0.202. The van der Waals surface area contributed by atoms with Crippen LogP contribution in [0.2, 0.25) is 5.02 Å². The number of anilines is 1. The number of hydrogen-bond donors (Lipinski definition) is 0. The first kappa shape index (κ1) is 24.4. The minimum atomic E-state index is -0.672. The van der Waals surface area contributed by atoms with Crippen LogP contribution in [0.15, 0.2) is 50.1 Å². The molecule has 6 nitrogen and oxygen atoms in total. The first-order valence-corrected chi connectivity index (χ1v) is 12.2. The maximum atomic E-state index is 13.8. The SMILES string of the molecule is CCCCN(C(=O)c1cc(Br)nn1-c1ncccc1Cl)c1c(Br)cc(Br)cc1C(=O)Cl. The van der Waals surface area contributed by atoms with Gasteiger partial charge in [-0.3, -0.25) is 9.59 Å². The Bertz CT molecular complexity index is 1150. The van der Waals surface area contributed by atoms with Crippen molar-refractivity contribution in [3.05, 3.63) is 66.4 Å². The summed E-state index contributed by atoms with van der Waals surface area (Å²) in [4.78, 5) is 31.7. The van der Waals surface area contributed by atoms with E-state index in [-0.39, 0.29) is 17.2 Å². The average molecular weight is 654 g/mol. The van der Waals surface area contributed by atoms with Gasteiger partial charge in [0.05, 0.1) is 16.3 Å². The summed E-state index contributed by atoms with van der Waals surface area (Å²) in [6.07, 6.45) is 3.12. The zero-order valence-corrected chi connectivity index (χ0v) is 22.4. The van der Waals surface area contributed by atoms with E-state index in [0.717, 1.165) is 6.42 Å². The molecule has 2 aromatic heterocycles. The first-order valence-electron chi connectivity index (χ1n) is 9.11. The van der Waals surface area contributed by atoms with E-state index in [9.17, 15) is 9.59 Å². The van der Waals surface area contributed by atoms with Gasteiger partial charge in [0.15, 0.2) is 5.82 Å². The van der Waals surface area contributed by atoms with Crippen molar-refractivity contribution < 1.29 is 9.59 Å². The normalized spacial score (nSPS) is 10.9. The van der Waals surface area contributed by atoms with E-state index >= 15 is 0 Å². The Morgan fingerprint density at radius 3 is 2.58 bits per heavy atom. The molecule has 0 unspecified atom stereocenters. The van der Waals surface area contributed by atoms with E-state index in [2.05, 4.69) is 57.9 Å². The molecule has 11 heteroatoms. The fraction of sp³-hybridized carbons (Fsp3) is 0.200. The highest BCUT2D eigenvalue weighted by molar-refractivity contribution is 9.11. The van der Waals surface area contributed by atoms with Crippen molar-refractivity contribution in [1.29, 1.82) is 0 Å². The molecule has 0 aliphatic carbocycles. The molecular weight excluding hydrogens is 639 g/mol. The number of benzene rings is 1. The van der Waals surface area contributed by atoms with E-state index in [0.29, 0.717) is 43.0 Å². The Kier molecular flexibility index (Phi) is 8.31. The summed E-state index contributed by atoms with van der Waals surface area (Å²) in [7, 11) is 0. The maximum absolute atomic E-state index is 13.8. The third-order valence-corrected chi connectivity index (χ3v) is 6.28. The van der Waals surface area contributed by atoms with Gasteiger partial charge in [0.1, 0.15) is 10.3 Å². The van der Waals surface area contributed by atoms with E-state index in [1.165, 1.54) is 9.58 Å². The number of amides is 1. The molecule has 0 saturated carbocycles. The number of halogens is 5. The van der Waals surface area contributed by atoms with E-state index in [1.54, 1.807) is 36.5 Å². The molecule has 3 rings (SSSR count). The number of carbonyl (C=O) groups is 2. The van der Waals surface area contributed by atoms with Crippen molar-refractivity contribution in [2.45, 2.75) is 19.8 Å². The van der Waals surface area contributed by atoms with Gasteiger partial charge < -0.3 is 4.90 Å². The molecule has 0 spiro atoms. The molecule has 31 heavy (non-hydrogen) atoms. The minimum Gasteiger partial charge on any atom is -0.305 e. The number of unbranched alkanes of at least 4 members (excludes halogenated alkanes) is 1. The van der Waals surface area contributed by atoms with E-state index < -0.39 is 5.24 Å². The first-order chi connectivity index (χ1) is 14.7. The van der Waals surface area contributed by atoms with Crippen LogP contribution in [0, 0.1) is 0 Å². The lowest BCUT2D eigenvalue weighted by Gasteiger charge is -2.26. The van der Waals surface area contributed by atoms with Crippen LogP contribution in [0.25, 0.3) is 5.82 Å². The molecular formula is C20H15Br3Cl2N4O2. The van der Waals surface area contributed by atoms with Crippen LogP contribution < -0.4 is 4.90 Å². The third kappa shape index (κ3) is 5.39. The second kappa shape index (κ2) is 10.6. The summed E-state index contributed by atoms with van der Waals surface area (Å²) in [6.45, 7) is 2.38. The lowest BCUT2D eigenvalue weighted by Crippen LogP contribution is -2.35. The summed E-state index contributed by atoms with van der Waals surface area (Å²) in [6, 6.07) is 8.29. The predicted octanol–water partition coefficient (Wildman–Crippen LogP) is 7.03. The Labute approximate surface area is 214 Å². The topological polar surface area (TPSA) is 68.1 Å². The predicted molar refractivity (Wildman–Crippen MR) is 133 cm³/mol. The molecule has 0 radical (unpaired) electrons. The number of aromatic nitrogens is 3. The van der Waals surface area contributed by atoms with Gasteiger partial charge in [-0.25, -0.2) is 9.67 Å². The van der Waals surface area contributed by atoms with Gasteiger partial charge in [-0.15, -0.1) is 0 Å². The molecule has 1 aromatic carbocycles. The molecule has 1 amide bonds. The second-order valence-corrected chi connectivity index (χ2v) is 9.77. The summed E-state index contributed by atoms with van der Waals surface area (Å²) >= 11 is 22.3. The van der Waals surface area contributed by atoms with Crippen molar-refractivity contribution in [3.63, 3.8) is 0 Å². The zero-order chi connectivity index (χ0) is 22.7. The Balaban J connectivity index is 2.19. The average Bonchev–Trinajstić information content (AvgIpc) is 3.10. The highest BCUT2D eigenvalue weighted by Gasteiger charge is 2.29. The quantitative estimate of drug-likeness (QED) is 0.257. The third-order valence-electron chi connectivity index (χ3n) is 4.33. The lowest BCUT2D eigenvalue weighted by molar-refractivity contribution is 0.0978. The van der Waals surface area contributed by atoms with Crippen LogP contribution in [0.4, 0.5) is 5.69 Å². The Morgan fingerprint density at radius 1 is 1.19 bits per heavy atom. The monoisotopic (exact) mass is 650 g/mol. The van der Waals surface area contributed by atoms with Crippen LogP contribution in [-0.2, 0) is 0 Å². The van der Waals surface area contributed by atoms with Gasteiger partial charge in [0, 0.05) is 27.8 Å². The van der Waals surface area contributed by atoms with Crippen LogP contribution in [0.5, 0.6) is 0 Å². The molecule has 3 aromatic rings. The largest absolute Gasteiger partial charge is 0.305 e. The number of hydrogen-bond acceptors (Lipinski definition) is 4. The van der Waals surface area contributed by atoms with Crippen LogP contribution in [0.1, 0.15) is 40.6 Å². The van der Waals surface area contributed by atoms with Gasteiger partial charge in [-0.05, 0) is 74.1 Å². The number of rotatable bonds is 7. The van der Waals surface area contributed by atoms with Crippen molar-refractivity contribution in [2.75, 3.05) is 11.4 Å². The van der Waals surface area contributed by atoms with Crippen LogP contribution in [-0.4, -0.2) is 32.5 Å². The highest BCUT2D eigenvalue weighted by atomic mass is 79.9. The number of nitrogens with zero attached hydrogens (tertiary/aromatic N) is 4. The molecule has 0 aliphatic rings. The summed E-state index contributed by atoms with van der Waals surface area (Å²) in [5, 5.41) is 4.01. The molecule has 0 saturated heterocycles. The van der Waals surface area contributed by atoms with Gasteiger partial charge in [0.25, 0.3) is 11.1 Å². The number of carbonyl (C=O) groups excluding carboxylic acids is 2. The summed E-state index contributed by atoms with van der Waals surface area (Å²) in [5.74, 6) is -0.0623. The second-order valence-electron chi connectivity index (χ2n) is 6.44. The molecule has 0 aliphatic heterocycles. The number of pyridine rings is 1. The standard InChI is InChI=1S/C20H15Br3Cl2N4O2/c1-2-3-7-28(17-12(18(25)30)8-11(21)9-13(17)22)20(31)15-10-16(23)27-29(15)19-14(24)5-4-6-26-19/h4-6,8-10H,2-3,7H2,1H3. The van der Waals surface area contributed by atoms with E-state index in [4.69, 9.17) is 23.2 Å². The van der Waals surface area contributed by atoms with E-state index in [1.807, 2.05) is 6.92 Å². The molecule has 0 fully saturated rings. The highest BCUT2D eigenvalue weighted by Crippen LogP contribution is 2.36. The van der Waals surface area contributed by atoms with Crippen molar-refractivity contribution >= 4 is 87.8 Å². The van der Waals surface area contributed by atoms with Gasteiger partial charge in [-0.1, -0.05) is 40.9 Å². The summed E-state index contributed by atoms with van der Waals surface area (Å²) in [5.41, 5.74) is 0.817. The Hall–Kier alpha value is -1.26. The smallest absolute Gasteiger partial charge is 0.277 e. The molecule has 0 N–H and O–H groups in total. The van der Waals surface area contributed by atoms with Gasteiger partial charge in [-0.2, -0.15) is 5.10 Å². The van der Waals surface area contributed by atoms with Crippen LogP contribution in [0.3, 0.4) is 0 Å². The van der Waals surface area contributed by atoms with Gasteiger partial charge in [0.2, 0.25) is 0 Å². The fourth-order valence-corrected chi connectivity index (χ4v) is 5.12. The van der Waals surface area contributed by atoms with Gasteiger partial charge >= 0.3 is 0 Å². The van der Waals surface area contributed by atoms with Crippen molar-refractivity contribution in [1.82, 2.24) is 14.8 Å². The molecule has 0 atom stereocenters. The molecule has 162 valence electrons. The summed E-state index contributed by atoms with van der Waals surface area (Å²) < 4.78 is 3.03.